The number of benzene rings is 2. The Morgan fingerprint density at radius 1 is 1.13 bits per heavy atom. The molecule has 0 spiro atoms. The third kappa shape index (κ3) is 1.96. The lowest BCUT2D eigenvalue weighted by molar-refractivity contribution is 0.837. The summed E-state index contributed by atoms with van der Waals surface area (Å²) in [6, 6.07) is 14.6. The van der Waals surface area contributed by atoms with Gasteiger partial charge in [0, 0.05) is 0 Å². The van der Waals surface area contributed by atoms with E-state index in [1.54, 1.807) is 0 Å². The van der Waals surface area contributed by atoms with Gasteiger partial charge in [-0.05, 0) is 35.5 Å². The van der Waals surface area contributed by atoms with E-state index < -0.39 is 0 Å². The molecule has 0 fully saturated rings. The highest BCUT2D eigenvalue weighted by molar-refractivity contribution is 7.78. The SMILES string of the molecule is C[C@H](N=C=S)c1cccc2ccccc12. The molecular weight excluding hydrogens is 202 g/mol. The first kappa shape index (κ1) is 10.0. The number of nitrogens with zero attached hydrogens (tertiary/aromatic N) is 1. The molecule has 74 valence electrons. The first-order valence-electron chi connectivity index (χ1n) is 4.87. The van der Waals surface area contributed by atoms with E-state index in [0.29, 0.717) is 0 Å². The van der Waals surface area contributed by atoms with E-state index in [2.05, 4.69) is 46.6 Å². The molecule has 1 atom stereocenters. The van der Waals surface area contributed by atoms with Crippen LogP contribution < -0.4 is 0 Å². The Hall–Kier alpha value is -1.50. The third-order valence-corrected chi connectivity index (χ3v) is 2.63. The van der Waals surface area contributed by atoms with Crippen LogP contribution >= 0.6 is 12.2 Å². The van der Waals surface area contributed by atoms with Crippen molar-refractivity contribution < 1.29 is 0 Å². The van der Waals surface area contributed by atoms with Crippen LogP contribution in [0.25, 0.3) is 10.8 Å². The van der Waals surface area contributed by atoms with Gasteiger partial charge < -0.3 is 0 Å². The lowest BCUT2D eigenvalue weighted by Crippen LogP contribution is -1.90. The number of fused-ring (bicyclic) bond motifs is 1. The standard InChI is InChI=1S/C13H11NS/c1-10(14-9-15)12-8-4-6-11-5-2-3-7-13(11)12/h2-8,10H,1H3/t10-/m0/s1. The molecule has 0 aromatic heterocycles. The predicted molar refractivity (Wildman–Crippen MR) is 67.4 cm³/mol. The van der Waals surface area contributed by atoms with Gasteiger partial charge in [0.05, 0.1) is 11.2 Å². The Bertz CT molecular complexity index is 522. The van der Waals surface area contributed by atoms with Gasteiger partial charge in [-0.25, -0.2) is 4.99 Å². The van der Waals surface area contributed by atoms with Crippen LogP contribution in [0.4, 0.5) is 0 Å². The molecule has 2 aromatic rings. The van der Waals surface area contributed by atoms with E-state index in [9.17, 15) is 0 Å². The number of hydrogen-bond acceptors (Lipinski definition) is 2. The average Bonchev–Trinajstić information content (AvgIpc) is 2.28. The van der Waals surface area contributed by atoms with Crippen molar-refractivity contribution in [1.82, 2.24) is 0 Å². The summed E-state index contributed by atoms with van der Waals surface area (Å²) >= 11 is 4.63. The molecule has 0 heterocycles. The highest BCUT2D eigenvalue weighted by Crippen LogP contribution is 2.25. The lowest BCUT2D eigenvalue weighted by Gasteiger charge is -2.08. The van der Waals surface area contributed by atoms with Crippen molar-refractivity contribution in [2.24, 2.45) is 4.99 Å². The molecule has 2 heteroatoms. The maximum atomic E-state index is 4.63. The number of isothiocyanates is 1. The Balaban J connectivity index is 2.65. The first-order chi connectivity index (χ1) is 7.33. The zero-order valence-corrected chi connectivity index (χ0v) is 9.29. The van der Waals surface area contributed by atoms with E-state index in [0.717, 1.165) is 0 Å². The van der Waals surface area contributed by atoms with Crippen molar-refractivity contribution in [2.75, 3.05) is 0 Å². The normalized spacial score (nSPS) is 12.1. The Labute approximate surface area is 94.5 Å². The van der Waals surface area contributed by atoms with Crippen LogP contribution in [0, 0.1) is 0 Å². The molecule has 0 saturated heterocycles. The van der Waals surface area contributed by atoms with Gasteiger partial charge in [-0.2, -0.15) is 0 Å². The molecule has 0 saturated carbocycles. The summed E-state index contributed by atoms with van der Waals surface area (Å²) in [4.78, 5) is 4.11. The summed E-state index contributed by atoms with van der Waals surface area (Å²) < 4.78 is 0. The molecule has 0 aliphatic carbocycles. The molecule has 0 aliphatic heterocycles. The van der Waals surface area contributed by atoms with Gasteiger partial charge in [0.2, 0.25) is 0 Å². The van der Waals surface area contributed by atoms with Gasteiger partial charge in [-0.1, -0.05) is 42.5 Å². The topological polar surface area (TPSA) is 12.4 Å². The summed E-state index contributed by atoms with van der Waals surface area (Å²) in [5.41, 5.74) is 1.20. The number of rotatable bonds is 2. The third-order valence-electron chi connectivity index (χ3n) is 2.52. The van der Waals surface area contributed by atoms with Crippen LogP contribution in [0.3, 0.4) is 0 Å². The van der Waals surface area contributed by atoms with Gasteiger partial charge >= 0.3 is 0 Å². The van der Waals surface area contributed by atoms with E-state index in [4.69, 9.17) is 0 Å². The molecule has 0 unspecified atom stereocenters. The van der Waals surface area contributed by atoms with Crippen LogP contribution in [0.1, 0.15) is 18.5 Å². The molecule has 2 aromatic carbocycles. The Morgan fingerprint density at radius 2 is 1.87 bits per heavy atom. The number of thiocarbonyl (C=S) groups is 1. The summed E-state index contributed by atoms with van der Waals surface area (Å²) in [6.45, 7) is 2.03. The first-order valence-corrected chi connectivity index (χ1v) is 5.28. The monoisotopic (exact) mass is 213 g/mol. The molecule has 0 amide bonds. The minimum atomic E-state index is 0.0774. The fourth-order valence-electron chi connectivity index (χ4n) is 1.76. The zero-order chi connectivity index (χ0) is 10.7. The molecule has 0 aliphatic rings. The molecule has 2 rings (SSSR count). The lowest BCUT2D eigenvalue weighted by atomic mass is 10.0. The minimum absolute atomic E-state index is 0.0774. The largest absolute Gasteiger partial charge is 0.225 e. The fourth-order valence-corrected chi connectivity index (χ4v) is 1.92. The molecule has 1 nitrogen and oxygen atoms in total. The van der Waals surface area contributed by atoms with Crippen molar-refractivity contribution in [1.29, 1.82) is 0 Å². The van der Waals surface area contributed by atoms with Crippen molar-refractivity contribution in [3.05, 3.63) is 48.0 Å². The van der Waals surface area contributed by atoms with Gasteiger partial charge in [0.25, 0.3) is 0 Å². The van der Waals surface area contributed by atoms with Crippen LogP contribution in [-0.2, 0) is 0 Å². The fraction of sp³-hybridized carbons (Fsp3) is 0.154. The number of aliphatic imine (C=N–C) groups is 1. The molecule has 0 N–H and O–H groups in total. The second kappa shape index (κ2) is 4.35. The van der Waals surface area contributed by atoms with Crippen molar-refractivity contribution in [3.8, 4) is 0 Å². The van der Waals surface area contributed by atoms with Gasteiger partial charge in [0.1, 0.15) is 0 Å². The Morgan fingerprint density at radius 3 is 2.67 bits per heavy atom. The zero-order valence-electron chi connectivity index (χ0n) is 8.47. The maximum absolute atomic E-state index is 4.63. The summed E-state index contributed by atoms with van der Waals surface area (Å²) in [5.74, 6) is 0. The quantitative estimate of drug-likeness (QED) is 0.542. The van der Waals surface area contributed by atoms with Crippen LogP contribution in [-0.4, -0.2) is 5.16 Å². The van der Waals surface area contributed by atoms with Crippen molar-refractivity contribution in [2.45, 2.75) is 13.0 Å². The average molecular weight is 213 g/mol. The molecule has 0 radical (unpaired) electrons. The number of hydrogen-bond donors (Lipinski definition) is 0. The predicted octanol–water partition coefficient (Wildman–Crippen LogP) is 4.00. The second-order valence-corrected chi connectivity index (χ2v) is 3.65. The van der Waals surface area contributed by atoms with E-state index in [-0.39, 0.29) is 6.04 Å². The summed E-state index contributed by atoms with van der Waals surface area (Å²) in [6.07, 6.45) is 0. The van der Waals surface area contributed by atoms with Crippen molar-refractivity contribution in [3.63, 3.8) is 0 Å². The Kier molecular flexibility index (Phi) is 2.91. The van der Waals surface area contributed by atoms with Gasteiger partial charge in [-0.15, -0.1) is 0 Å². The second-order valence-electron chi connectivity index (χ2n) is 3.46. The highest BCUT2D eigenvalue weighted by Gasteiger charge is 2.06. The van der Waals surface area contributed by atoms with Crippen molar-refractivity contribution >= 4 is 28.2 Å². The van der Waals surface area contributed by atoms with Gasteiger partial charge in [0.15, 0.2) is 0 Å². The van der Waals surface area contributed by atoms with E-state index >= 15 is 0 Å². The van der Waals surface area contributed by atoms with Gasteiger partial charge in [-0.3, -0.25) is 0 Å². The molecule has 0 bridgehead atoms. The molecule has 15 heavy (non-hydrogen) atoms. The minimum Gasteiger partial charge on any atom is -0.225 e. The van der Waals surface area contributed by atoms with E-state index in [1.165, 1.54) is 16.3 Å². The summed E-state index contributed by atoms with van der Waals surface area (Å²) in [5, 5.41) is 4.91. The maximum Gasteiger partial charge on any atom is 0.0830 e. The summed E-state index contributed by atoms with van der Waals surface area (Å²) in [7, 11) is 0. The van der Waals surface area contributed by atoms with E-state index in [1.807, 2.05) is 25.1 Å². The highest BCUT2D eigenvalue weighted by atomic mass is 32.1. The van der Waals surface area contributed by atoms with Crippen LogP contribution in [0.2, 0.25) is 0 Å². The van der Waals surface area contributed by atoms with Crippen LogP contribution in [0.5, 0.6) is 0 Å². The smallest absolute Gasteiger partial charge is 0.0830 e. The van der Waals surface area contributed by atoms with Crippen LogP contribution in [0.15, 0.2) is 47.5 Å². The molecular formula is C13H11NS.